The van der Waals surface area contributed by atoms with Crippen LogP contribution in [0, 0.1) is 0 Å². The fourth-order valence-electron chi connectivity index (χ4n) is 1.64. The molecule has 1 amide bonds. The first kappa shape index (κ1) is 15.6. The Labute approximate surface area is 120 Å². The number of carbonyl (C=O) groups excluding carboxylic acids is 1. The van der Waals surface area contributed by atoms with Crippen molar-refractivity contribution in [3.63, 3.8) is 0 Å². The minimum atomic E-state index is 0.0266. The summed E-state index contributed by atoms with van der Waals surface area (Å²) in [7, 11) is 3.97. The van der Waals surface area contributed by atoms with Crippen LogP contribution in [-0.4, -0.2) is 54.4 Å². The smallest absolute Gasteiger partial charge is 0.253 e. The SMILES string of the molecule is CN(C)CCN(CCC(N)=S)C(=O)c1ccccc1. The Morgan fingerprint density at radius 2 is 1.79 bits per heavy atom. The van der Waals surface area contributed by atoms with Crippen LogP contribution < -0.4 is 5.73 Å². The first-order chi connectivity index (χ1) is 9.00. The van der Waals surface area contributed by atoms with Crippen molar-refractivity contribution in [2.45, 2.75) is 6.42 Å². The maximum Gasteiger partial charge on any atom is 0.253 e. The number of hydrogen-bond acceptors (Lipinski definition) is 3. The Morgan fingerprint density at radius 1 is 1.16 bits per heavy atom. The summed E-state index contributed by atoms with van der Waals surface area (Å²) < 4.78 is 0. The van der Waals surface area contributed by atoms with Gasteiger partial charge in [0.1, 0.15) is 0 Å². The zero-order valence-corrected chi connectivity index (χ0v) is 12.3. The summed E-state index contributed by atoms with van der Waals surface area (Å²) in [6, 6.07) is 9.28. The predicted octanol–water partition coefficient (Wildman–Crippen LogP) is 1.37. The molecule has 0 atom stereocenters. The molecular weight excluding hydrogens is 258 g/mol. The number of rotatable bonds is 7. The van der Waals surface area contributed by atoms with Gasteiger partial charge in [0.2, 0.25) is 0 Å². The van der Waals surface area contributed by atoms with Crippen LogP contribution in [0.3, 0.4) is 0 Å². The largest absolute Gasteiger partial charge is 0.393 e. The third-order valence-corrected chi connectivity index (χ3v) is 2.96. The maximum atomic E-state index is 12.4. The van der Waals surface area contributed by atoms with Gasteiger partial charge in [-0.1, -0.05) is 30.4 Å². The molecule has 0 saturated carbocycles. The number of carbonyl (C=O) groups is 1. The minimum absolute atomic E-state index is 0.0266. The van der Waals surface area contributed by atoms with Crippen molar-refractivity contribution in [2.75, 3.05) is 33.7 Å². The fourth-order valence-corrected chi connectivity index (χ4v) is 1.74. The molecule has 0 unspecified atom stereocenters. The second kappa shape index (κ2) is 7.86. The van der Waals surface area contributed by atoms with Gasteiger partial charge in [-0.05, 0) is 26.2 Å². The van der Waals surface area contributed by atoms with Crippen LogP contribution in [0.15, 0.2) is 30.3 Å². The molecule has 104 valence electrons. The molecule has 0 fully saturated rings. The lowest BCUT2D eigenvalue weighted by atomic mass is 10.2. The van der Waals surface area contributed by atoms with E-state index in [-0.39, 0.29) is 5.91 Å². The van der Waals surface area contributed by atoms with Gasteiger partial charge in [-0.15, -0.1) is 0 Å². The van der Waals surface area contributed by atoms with Gasteiger partial charge in [0, 0.05) is 31.6 Å². The van der Waals surface area contributed by atoms with Crippen molar-refractivity contribution in [1.29, 1.82) is 0 Å². The average molecular weight is 279 g/mol. The molecule has 1 rings (SSSR count). The number of nitrogens with two attached hydrogens (primary N) is 1. The number of thiocarbonyl (C=S) groups is 1. The van der Waals surface area contributed by atoms with E-state index in [0.717, 1.165) is 6.54 Å². The Hall–Kier alpha value is -1.46. The topological polar surface area (TPSA) is 49.6 Å². The molecule has 0 saturated heterocycles. The van der Waals surface area contributed by atoms with Crippen molar-refractivity contribution in [3.8, 4) is 0 Å². The summed E-state index contributed by atoms with van der Waals surface area (Å²) in [5.41, 5.74) is 6.22. The average Bonchev–Trinajstić information content (AvgIpc) is 2.38. The molecule has 19 heavy (non-hydrogen) atoms. The van der Waals surface area contributed by atoms with Crippen LogP contribution in [-0.2, 0) is 0 Å². The standard InChI is InChI=1S/C14H21N3OS/c1-16(2)10-11-17(9-8-13(15)19)14(18)12-6-4-3-5-7-12/h3-7H,8-11H2,1-2H3,(H2,15,19). The number of likely N-dealkylation sites (N-methyl/N-ethyl adjacent to an activating group) is 1. The second-order valence-electron chi connectivity index (χ2n) is 4.68. The predicted molar refractivity (Wildman–Crippen MR) is 82.3 cm³/mol. The Bertz CT molecular complexity index is 420. The number of benzene rings is 1. The molecule has 0 aliphatic carbocycles. The van der Waals surface area contributed by atoms with E-state index in [4.69, 9.17) is 18.0 Å². The first-order valence-electron chi connectivity index (χ1n) is 6.28. The number of hydrogen-bond donors (Lipinski definition) is 1. The highest BCUT2D eigenvalue weighted by atomic mass is 32.1. The minimum Gasteiger partial charge on any atom is -0.393 e. The van der Waals surface area contributed by atoms with E-state index in [0.29, 0.717) is 30.1 Å². The van der Waals surface area contributed by atoms with Gasteiger partial charge in [0.05, 0.1) is 4.99 Å². The van der Waals surface area contributed by atoms with E-state index >= 15 is 0 Å². The molecule has 0 heterocycles. The highest BCUT2D eigenvalue weighted by Gasteiger charge is 2.15. The zero-order valence-electron chi connectivity index (χ0n) is 11.5. The summed E-state index contributed by atoms with van der Waals surface area (Å²) in [6.45, 7) is 2.05. The van der Waals surface area contributed by atoms with Crippen LogP contribution >= 0.6 is 12.2 Å². The molecular formula is C14H21N3OS. The summed E-state index contributed by atoms with van der Waals surface area (Å²) in [5.74, 6) is 0.0266. The molecule has 5 heteroatoms. The van der Waals surface area contributed by atoms with Gasteiger partial charge in [-0.25, -0.2) is 0 Å². The molecule has 1 aromatic carbocycles. The molecule has 4 nitrogen and oxygen atoms in total. The molecule has 0 spiro atoms. The van der Waals surface area contributed by atoms with Gasteiger partial charge < -0.3 is 15.5 Å². The molecule has 0 aliphatic heterocycles. The lowest BCUT2D eigenvalue weighted by Gasteiger charge is -2.24. The molecule has 0 radical (unpaired) electrons. The van der Waals surface area contributed by atoms with Gasteiger partial charge in [-0.3, -0.25) is 4.79 Å². The first-order valence-corrected chi connectivity index (χ1v) is 6.69. The van der Waals surface area contributed by atoms with E-state index in [1.807, 2.05) is 49.3 Å². The maximum absolute atomic E-state index is 12.4. The van der Waals surface area contributed by atoms with Crippen molar-refractivity contribution in [1.82, 2.24) is 9.80 Å². The van der Waals surface area contributed by atoms with E-state index in [9.17, 15) is 4.79 Å². The third-order valence-electron chi connectivity index (χ3n) is 2.75. The molecule has 0 aliphatic rings. The van der Waals surface area contributed by atoms with Crippen LogP contribution in [0.4, 0.5) is 0 Å². The number of nitrogens with zero attached hydrogens (tertiary/aromatic N) is 2. The molecule has 1 aromatic rings. The quantitative estimate of drug-likeness (QED) is 0.766. The monoisotopic (exact) mass is 279 g/mol. The summed E-state index contributed by atoms with van der Waals surface area (Å²) in [4.78, 5) is 16.7. The third kappa shape index (κ3) is 5.81. The van der Waals surface area contributed by atoms with Crippen molar-refractivity contribution < 1.29 is 4.79 Å². The van der Waals surface area contributed by atoms with Gasteiger partial charge in [0.25, 0.3) is 5.91 Å². The van der Waals surface area contributed by atoms with Crippen molar-refractivity contribution in [2.24, 2.45) is 5.73 Å². The Balaban J connectivity index is 2.71. The number of amides is 1. The Morgan fingerprint density at radius 3 is 2.32 bits per heavy atom. The van der Waals surface area contributed by atoms with Gasteiger partial charge in [-0.2, -0.15) is 0 Å². The van der Waals surface area contributed by atoms with Gasteiger partial charge >= 0.3 is 0 Å². The highest BCUT2D eigenvalue weighted by molar-refractivity contribution is 7.80. The fraction of sp³-hybridized carbons (Fsp3) is 0.429. The normalized spacial score (nSPS) is 10.5. The highest BCUT2D eigenvalue weighted by Crippen LogP contribution is 2.05. The zero-order chi connectivity index (χ0) is 14.3. The second-order valence-corrected chi connectivity index (χ2v) is 5.20. The van der Waals surface area contributed by atoms with Crippen LogP contribution in [0.1, 0.15) is 16.8 Å². The van der Waals surface area contributed by atoms with Crippen molar-refractivity contribution >= 4 is 23.1 Å². The van der Waals surface area contributed by atoms with Gasteiger partial charge in [0.15, 0.2) is 0 Å². The van der Waals surface area contributed by atoms with E-state index < -0.39 is 0 Å². The van der Waals surface area contributed by atoms with Crippen LogP contribution in [0.2, 0.25) is 0 Å². The summed E-state index contributed by atoms with van der Waals surface area (Å²) in [6.07, 6.45) is 0.557. The lowest BCUT2D eigenvalue weighted by molar-refractivity contribution is 0.0750. The summed E-state index contributed by atoms with van der Waals surface area (Å²) >= 11 is 4.88. The molecule has 0 bridgehead atoms. The van der Waals surface area contributed by atoms with Crippen LogP contribution in [0.5, 0.6) is 0 Å². The summed E-state index contributed by atoms with van der Waals surface area (Å²) in [5, 5.41) is 0. The van der Waals surface area contributed by atoms with E-state index in [1.165, 1.54) is 0 Å². The van der Waals surface area contributed by atoms with E-state index in [1.54, 1.807) is 4.90 Å². The van der Waals surface area contributed by atoms with Crippen LogP contribution in [0.25, 0.3) is 0 Å². The molecule has 0 aromatic heterocycles. The Kier molecular flexibility index (Phi) is 6.45. The molecule has 2 N–H and O–H groups in total. The lowest BCUT2D eigenvalue weighted by Crippen LogP contribution is -2.38. The van der Waals surface area contributed by atoms with Crippen molar-refractivity contribution in [3.05, 3.63) is 35.9 Å². The van der Waals surface area contributed by atoms with E-state index in [2.05, 4.69) is 0 Å².